The fourth-order valence-corrected chi connectivity index (χ4v) is 7.42. The molecule has 2 heterocycles. The number of aliphatic carboxylic acids is 1. The summed E-state index contributed by atoms with van der Waals surface area (Å²) >= 11 is 0. The van der Waals surface area contributed by atoms with Gasteiger partial charge in [-0.25, -0.2) is 0 Å². The van der Waals surface area contributed by atoms with Crippen molar-refractivity contribution in [2.75, 3.05) is 18.0 Å². The second-order valence-electron chi connectivity index (χ2n) is 11.7. The number of carboxylic acids is 1. The smallest absolute Gasteiger partial charge is 0.303 e. The first-order chi connectivity index (χ1) is 20.5. The number of allylic oxidation sites excluding steroid dienone is 6. The standard InChI is InChI=1S/C32H38N2O8S2/c1-6-33-26-17-15-22(43(37,38)39)20-24(26)31(3,4)28(33)12-9-8-10-13-29-32(5,19-11-14-30(35)36)25-21-23(44(40,41)42)16-18-27(25)34(29)7-2/h8-10,12-13,15-18,20-21H,6-7,11,14,19H2,1-5H3,(H2-,35,36,37,38,39,40,41,42)/p+1. The molecule has 0 aromatic heterocycles. The summed E-state index contributed by atoms with van der Waals surface area (Å²) in [6, 6.07) is 9.14. The van der Waals surface area contributed by atoms with Crippen LogP contribution in [0.2, 0.25) is 0 Å². The molecule has 4 rings (SSSR count). The van der Waals surface area contributed by atoms with E-state index < -0.39 is 37.0 Å². The van der Waals surface area contributed by atoms with Crippen molar-refractivity contribution in [3.8, 4) is 0 Å². The van der Waals surface area contributed by atoms with E-state index in [9.17, 15) is 35.8 Å². The Morgan fingerprint density at radius 1 is 0.909 bits per heavy atom. The third kappa shape index (κ3) is 6.16. The molecule has 1 atom stereocenters. The Morgan fingerprint density at radius 2 is 1.52 bits per heavy atom. The quantitative estimate of drug-likeness (QED) is 0.161. The van der Waals surface area contributed by atoms with Crippen molar-refractivity contribution < 1.29 is 40.4 Å². The maximum Gasteiger partial charge on any atom is 0.303 e. The Balaban J connectivity index is 1.70. The van der Waals surface area contributed by atoms with E-state index in [2.05, 4.69) is 9.48 Å². The van der Waals surface area contributed by atoms with Gasteiger partial charge in [0.2, 0.25) is 5.69 Å². The molecule has 0 amide bonds. The van der Waals surface area contributed by atoms with Crippen LogP contribution in [0.5, 0.6) is 0 Å². The molecule has 0 radical (unpaired) electrons. The van der Waals surface area contributed by atoms with Gasteiger partial charge in [0.05, 0.1) is 15.2 Å². The van der Waals surface area contributed by atoms with E-state index in [0.29, 0.717) is 31.5 Å². The van der Waals surface area contributed by atoms with Gasteiger partial charge in [-0.05, 0) is 89.4 Å². The number of fused-ring (bicyclic) bond motifs is 2. The van der Waals surface area contributed by atoms with Crippen LogP contribution in [0.3, 0.4) is 0 Å². The van der Waals surface area contributed by atoms with Crippen LogP contribution < -0.4 is 4.90 Å². The predicted octanol–water partition coefficient (Wildman–Crippen LogP) is 5.63. The Morgan fingerprint density at radius 3 is 2.09 bits per heavy atom. The summed E-state index contributed by atoms with van der Waals surface area (Å²) in [5, 5.41) is 9.25. The van der Waals surface area contributed by atoms with Gasteiger partial charge >= 0.3 is 5.97 Å². The van der Waals surface area contributed by atoms with Gasteiger partial charge < -0.3 is 10.0 Å². The van der Waals surface area contributed by atoms with Crippen LogP contribution in [0.4, 0.5) is 11.4 Å². The van der Waals surface area contributed by atoms with Crippen LogP contribution in [0.15, 0.2) is 82.3 Å². The van der Waals surface area contributed by atoms with Gasteiger partial charge in [0.25, 0.3) is 20.2 Å². The molecule has 2 aliphatic rings. The van der Waals surface area contributed by atoms with Crippen LogP contribution in [0, 0.1) is 0 Å². The summed E-state index contributed by atoms with van der Waals surface area (Å²) in [6.07, 6.45) is 10.3. The lowest BCUT2D eigenvalue weighted by atomic mass is 9.77. The molecule has 0 saturated carbocycles. The number of rotatable bonds is 11. The molecule has 10 nitrogen and oxygen atoms in total. The average molecular weight is 644 g/mol. The average Bonchev–Trinajstić information content (AvgIpc) is 3.30. The Labute approximate surface area is 259 Å². The summed E-state index contributed by atoms with van der Waals surface area (Å²) in [4.78, 5) is 13.0. The molecular weight excluding hydrogens is 604 g/mol. The molecule has 0 bridgehead atoms. The highest BCUT2D eigenvalue weighted by molar-refractivity contribution is 7.86. The number of anilines is 1. The van der Waals surface area contributed by atoms with E-state index >= 15 is 0 Å². The topological polar surface area (TPSA) is 152 Å². The summed E-state index contributed by atoms with van der Waals surface area (Å²) in [5.41, 5.74) is 3.78. The summed E-state index contributed by atoms with van der Waals surface area (Å²) in [6.45, 7) is 11.2. The predicted molar refractivity (Wildman–Crippen MR) is 169 cm³/mol. The van der Waals surface area contributed by atoms with E-state index in [1.165, 1.54) is 24.3 Å². The zero-order valence-electron chi connectivity index (χ0n) is 25.5. The van der Waals surface area contributed by atoms with Crippen molar-refractivity contribution in [1.82, 2.24) is 0 Å². The molecule has 0 aliphatic carbocycles. The van der Waals surface area contributed by atoms with E-state index in [-0.39, 0.29) is 16.2 Å². The highest BCUT2D eigenvalue weighted by Gasteiger charge is 2.45. The molecule has 2 aromatic rings. The molecule has 12 heteroatoms. The number of nitrogens with zero attached hydrogens (tertiary/aromatic N) is 2. The van der Waals surface area contributed by atoms with E-state index in [0.717, 1.165) is 28.3 Å². The number of hydrogen-bond donors (Lipinski definition) is 3. The minimum atomic E-state index is -4.43. The summed E-state index contributed by atoms with van der Waals surface area (Å²) < 4.78 is 68.8. The number of benzene rings is 2. The first kappa shape index (κ1) is 33.3. The van der Waals surface area contributed by atoms with E-state index in [4.69, 9.17) is 0 Å². The molecule has 0 saturated heterocycles. The van der Waals surface area contributed by atoms with Gasteiger partial charge in [0, 0.05) is 47.5 Å². The van der Waals surface area contributed by atoms with Crippen LogP contribution in [0.25, 0.3) is 0 Å². The normalized spacial score (nSPS) is 20.7. The molecule has 0 fully saturated rings. The highest BCUT2D eigenvalue weighted by atomic mass is 32.2. The zero-order chi connectivity index (χ0) is 32.7. The van der Waals surface area contributed by atoms with Crippen molar-refractivity contribution in [1.29, 1.82) is 0 Å². The number of carboxylic acid groups (broad SMARTS) is 1. The molecule has 44 heavy (non-hydrogen) atoms. The molecule has 2 aromatic carbocycles. The lowest BCUT2D eigenvalue weighted by Crippen LogP contribution is -2.28. The first-order valence-electron chi connectivity index (χ1n) is 14.4. The van der Waals surface area contributed by atoms with E-state index in [1.807, 2.05) is 65.0 Å². The largest absolute Gasteiger partial charge is 0.481 e. The van der Waals surface area contributed by atoms with Crippen LogP contribution >= 0.6 is 0 Å². The van der Waals surface area contributed by atoms with E-state index in [1.54, 1.807) is 12.1 Å². The van der Waals surface area contributed by atoms with Gasteiger partial charge in [-0.2, -0.15) is 21.4 Å². The lowest BCUT2D eigenvalue weighted by molar-refractivity contribution is -0.433. The molecule has 3 N–H and O–H groups in total. The van der Waals surface area contributed by atoms with Crippen molar-refractivity contribution in [3.05, 3.63) is 83.6 Å². The Bertz CT molecular complexity index is 1840. The number of hydrogen-bond acceptors (Lipinski definition) is 6. The van der Waals surface area contributed by atoms with Gasteiger partial charge in [-0.3, -0.25) is 13.9 Å². The third-order valence-corrected chi connectivity index (χ3v) is 10.3. The van der Waals surface area contributed by atoms with Gasteiger partial charge in [-0.1, -0.05) is 18.2 Å². The van der Waals surface area contributed by atoms with Crippen LogP contribution in [0.1, 0.15) is 65.0 Å². The van der Waals surface area contributed by atoms with Gasteiger partial charge in [0.15, 0.2) is 5.71 Å². The van der Waals surface area contributed by atoms with Crippen molar-refractivity contribution >= 4 is 43.3 Å². The minimum absolute atomic E-state index is 0.0304. The number of carbonyl (C=O) groups is 1. The fraction of sp³-hybridized carbons (Fsp3) is 0.375. The minimum Gasteiger partial charge on any atom is -0.481 e. The van der Waals surface area contributed by atoms with Gasteiger partial charge in [0.1, 0.15) is 6.54 Å². The van der Waals surface area contributed by atoms with Crippen molar-refractivity contribution in [2.24, 2.45) is 0 Å². The second kappa shape index (κ2) is 12.1. The SMILES string of the molecule is CCN1/C(=C/C=C/C=C/C2=[N+](CC)c3ccc(S(=O)(=O)O)cc3C2(C)C)C(C)(CCCC(=O)O)c2cc(S(=O)(=O)O)ccc21. The van der Waals surface area contributed by atoms with Crippen molar-refractivity contribution in [2.45, 2.75) is 74.5 Å². The fourth-order valence-electron chi connectivity index (χ4n) is 6.40. The monoisotopic (exact) mass is 643 g/mol. The second-order valence-corrected chi connectivity index (χ2v) is 14.5. The molecule has 1 unspecified atom stereocenters. The zero-order valence-corrected chi connectivity index (χ0v) is 27.1. The first-order valence-corrected chi connectivity index (χ1v) is 17.3. The maximum atomic E-state index is 11.9. The molecule has 236 valence electrons. The van der Waals surface area contributed by atoms with Gasteiger partial charge in [-0.15, -0.1) is 0 Å². The summed E-state index contributed by atoms with van der Waals surface area (Å²) in [7, 11) is -8.78. The molecular formula is C32H39N2O8S2+. The number of likely N-dealkylation sites (N-methyl/N-ethyl adjacent to an activating group) is 1. The lowest BCUT2D eigenvalue weighted by Gasteiger charge is -2.30. The molecule has 2 aliphatic heterocycles. The maximum absolute atomic E-state index is 11.9. The summed E-state index contributed by atoms with van der Waals surface area (Å²) in [5.74, 6) is -0.911. The van der Waals surface area contributed by atoms with Crippen LogP contribution in [-0.4, -0.2) is 60.4 Å². The highest BCUT2D eigenvalue weighted by Crippen LogP contribution is 2.51. The Hall–Kier alpha value is -3.58. The van der Waals surface area contributed by atoms with Crippen LogP contribution in [-0.2, 0) is 35.9 Å². The molecule has 0 spiro atoms. The van der Waals surface area contributed by atoms with Crippen molar-refractivity contribution in [3.63, 3.8) is 0 Å². The third-order valence-electron chi connectivity index (χ3n) is 8.60. The Kier molecular flexibility index (Phi) is 9.14.